The Morgan fingerprint density at radius 3 is 2.68 bits per heavy atom. The van der Waals surface area contributed by atoms with Crippen molar-refractivity contribution in [3.63, 3.8) is 0 Å². The highest BCUT2D eigenvalue weighted by molar-refractivity contribution is 7.13. The molecule has 0 radical (unpaired) electrons. The molecule has 0 saturated carbocycles. The summed E-state index contributed by atoms with van der Waals surface area (Å²) >= 11 is 1.58. The van der Waals surface area contributed by atoms with E-state index in [2.05, 4.69) is 12.1 Å². The van der Waals surface area contributed by atoms with Crippen LogP contribution < -0.4 is 0 Å². The van der Waals surface area contributed by atoms with Gasteiger partial charge in [0.25, 0.3) is 0 Å². The predicted octanol–water partition coefficient (Wildman–Crippen LogP) is 4.18. The van der Waals surface area contributed by atoms with Gasteiger partial charge < -0.3 is 9.77 Å². The number of thiophene rings is 1. The highest BCUT2D eigenvalue weighted by atomic mass is 32.1. The fourth-order valence-corrected chi connectivity index (χ4v) is 3.94. The molecule has 0 fully saturated rings. The van der Waals surface area contributed by atoms with Gasteiger partial charge in [-0.05, 0) is 17.9 Å². The first kappa shape index (κ1) is 15.8. The van der Waals surface area contributed by atoms with Crippen LogP contribution in [0.5, 0.6) is 0 Å². The van der Waals surface area contributed by atoms with E-state index in [1.165, 1.54) is 0 Å². The van der Waals surface area contributed by atoms with E-state index in [9.17, 15) is 10.0 Å². The van der Waals surface area contributed by atoms with Crippen LogP contribution in [0.2, 0.25) is 0 Å². The van der Waals surface area contributed by atoms with Gasteiger partial charge in [-0.2, -0.15) is 0 Å². The summed E-state index contributed by atoms with van der Waals surface area (Å²) in [6.45, 7) is 2.82. The Bertz CT molecular complexity index is 971. The van der Waals surface area contributed by atoms with Crippen LogP contribution in [-0.4, -0.2) is 26.3 Å². The molecular formula is C19H17N3O2S. The van der Waals surface area contributed by atoms with Crippen LogP contribution in [0, 0.1) is 0 Å². The average molecular weight is 351 g/mol. The van der Waals surface area contributed by atoms with Gasteiger partial charge in [-0.3, -0.25) is 4.79 Å². The van der Waals surface area contributed by atoms with E-state index in [4.69, 9.17) is 4.98 Å². The number of nitrogens with zero attached hydrogens (tertiary/aromatic N) is 3. The summed E-state index contributed by atoms with van der Waals surface area (Å²) in [5.74, 6) is 0.695. The van der Waals surface area contributed by atoms with Crippen molar-refractivity contribution in [3.05, 3.63) is 64.3 Å². The van der Waals surface area contributed by atoms with Gasteiger partial charge in [-0.15, -0.1) is 11.3 Å². The maximum atomic E-state index is 13.1. The van der Waals surface area contributed by atoms with E-state index in [1.54, 1.807) is 23.5 Å². The zero-order valence-electron chi connectivity index (χ0n) is 13.8. The molecule has 6 heteroatoms. The molecule has 5 nitrogen and oxygen atoms in total. The molecule has 0 amide bonds. The number of hydrogen-bond donors (Lipinski definition) is 1. The second-order valence-corrected chi connectivity index (χ2v) is 6.89. The van der Waals surface area contributed by atoms with E-state index in [0.29, 0.717) is 34.8 Å². The first-order valence-corrected chi connectivity index (χ1v) is 9.15. The van der Waals surface area contributed by atoms with Crippen molar-refractivity contribution in [2.75, 3.05) is 0 Å². The van der Waals surface area contributed by atoms with Crippen LogP contribution in [0.3, 0.4) is 0 Å². The minimum Gasteiger partial charge on any atom is -0.410 e. The Kier molecular flexibility index (Phi) is 3.97. The van der Waals surface area contributed by atoms with Crippen LogP contribution in [0.1, 0.15) is 47.1 Å². The fourth-order valence-electron chi connectivity index (χ4n) is 3.22. The number of rotatable bonds is 4. The van der Waals surface area contributed by atoms with Gasteiger partial charge in [0.05, 0.1) is 4.88 Å². The molecule has 0 unspecified atom stereocenters. The molecule has 2 aromatic heterocycles. The van der Waals surface area contributed by atoms with E-state index in [-0.39, 0.29) is 5.78 Å². The smallest absolute Gasteiger partial charge is 0.212 e. The first-order valence-electron chi connectivity index (χ1n) is 8.27. The van der Waals surface area contributed by atoms with Gasteiger partial charge in [0, 0.05) is 17.7 Å². The highest BCUT2D eigenvalue weighted by Gasteiger charge is 2.35. The van der Waals surface area contributed by atoms with E-state index in [1.807, 2.05) is 34.2 Å². The SMILES string of the molecule is CCCCn1c(-c2cccs2)nc2c1C(=O)c1ccccc1/C2=N\O. The van der Waals surface area contributed by atoms with Crippen molar-refractivity contribution >= 4 is 22.8 Å². The number of ketones is 1. The molecule has 25 heavy (non-hydrogen) atoms. The number of benzene rings is 1. The third-order valence-corrected chi connectivity index (χ3v) is 5.28. The molecule has 4 rings (SSSR count). The van der Waals surface area contributed by atoms with Crippen LogP contribution in [0.15, 0.2) is 46.9 Å². The molecule has 0 saturated heterocycles. The van der Waals surface area contributed by atoms with E-state index < -0.39 is 0 Å². The zero-order chi connectivity index (χ0) is 17.4. The normalized spacial score (nSPS) is 14.6. The molecule has 1 aliphatic carbocycles. The second-order valence-electron chi connectivity index (χ2n) is 5.94. The van der Waals surface area contributed by atoms with Gasteiger partial charge in [0.2, 0.25) is 5.78 Å². The third kappa shape index (κ3) is 2.41. The van der Waals surface area contributed by atoms with Gasteiger partial charge in [-0.25, -0.2) is 4.98 Å². The maximum Gasteiger partial charge on any atom is 0.212 e. The quantitative estimate of drug-likeness (QED) is 0.443. The lowest BCUT2D eigenvalue weighted by Gasteiger charge is -2.17. The molecule has 1 aliphatic rings. The number of carbonyl (C=O) groups excluding carboxylic acids is 1. The predicted molar refractivity (Wildman–Crippen MR) is 97.7 cm³/mol. The summed E-state index contributed by atoms with van der Waals surface area (Å²) in [4.78, 5) is 18.9. The Hall–Kier alpha value is -2.73. The zero-order valence-corrected chi connectivity index (χ0v) is 14.6. The van der Waals surface area contributed by atoms with Crippen molar-refractivity contribution < 1.29 is 10.0 Å². The number of hydrogen-bond acceptors (Lipinski definition) is 5. The number of aromatic nitrogens is 2. The molecule has 3 aromatic rings. The first-order chi connectivity index (χ1) is 12.3. The van der Waals surface area contributed by atoms with Crippen LogP contribution in [0.25, 0.3) is 10.7 Å². The van der Waals surface area contributed by atoms with Crippen molar-refractivity contribution in [1.29, 1.82) is 0 Å². The molecule has 1 N–H and O–H groups in total. The number of fused-ring (bicyclic) bond motifs is 2. The minimum atomic E-state index is -0.0654. The Balaban J connectivity index is 1.99. The lowest BCUT2D eigenvalue weighted by molar-refractivity contribution is 0.102. The van der Waals surface area contributed by atoms with Crippen LogP contribution >= 0.6 is 11.3 Å². The van der Waals surface area contributed by atoms with Gasteiger partial charge in [0.15, 0.2) is 5.82 Å². The van der Waals surface area contributed by atoms with Crippen molar-refractivity contribution in [1.82, 2.24) is 9.55 Å². The summed E-state index contributed by atoms with van der Waals surface area (Å²) in [5, 5.41) is 15.1. The number of imidazole rings is 1. The van der Waals surface area contributed by atoms with Crippen LogP contribution in [-0.2, 0) is 6.54 Å². The van der Waals surface area contributed by atoms with Gasteiger partial charge in [0.1, 0.15) is 17.1 Å². The average Bonchev–Trinajstić information content (AvgIpc) is 3.28. The van der Waals surface area contributed by atoms with E-state index in [0.717, 1.165) is 23.5 Å². The number of unbranched alkanes of at least 4 members (excludes halogenated alkanes) is 1. The summed E-state index contributed by atoms with van der Waals surface area (Å²) in [7, 11) is 0. The Labute approximate surface area is 149 Å². The molecule has 0 bridgehead atoms. The molecule has 126 valence electrons. The summed E-state index contributed by atoms with van der Waals surface area (Å²) < 4.78 is 1.98. The molecule has 1 aromatic carbocycles. The lowest BCUT2D eigenvalue weighted by Crippen LogP contribution is -2.24. The lowest BCUT2D eigenvalue weighted by atomic mass is 9.89. The fraction of sp³-hybridized carbons (Fsp3) is 0.211. The molecule has 0 aliphatic heterocycles. The van der Waals surface area contributed by atoms with Crippen molar-refractivity contribution in [3.8, 4) is 10.7 Å². The van der Waals surface area contributed by atoms with Crippen molar-refractivity contribution in [2.24, 2.45) is 5.16 Å². The number of carbonyl (C=O) groups is 1. The maximum absolute atomic E-state index is 13.1. The van der Waals surface area contributed by atoms with Gasteiger partial charge in [-0.1, -0.05) is 48.8 Å². The van der Waals surface area contributed by atoms with E-state index >= 15 is 0 Å². The Morgan fingerprint density at radius 1 is 1.20 bits per heavy atom. The van der Waals surface area contributed by atoms with Crippen LogP contribution in [0.4, 0.5) is 0 Å². The number of oxime groups is 1. The monoisotopic (exact) mass is 351 g/mol. The molecular weight excluding hydrogens is 334 g/mol. The second kappa shape index (κ2) is 6.29. The van der Waals surface area contributed by atoms with Crippen molar-refractivity contribution in [2.45, 2.75) is 26.3 Å². The third-order valence-electron chi connectivity index (χ3n) is 4.41. The highest BCUT2D eigenvalue weighted by Crippen LogP contribution is 2.33. The summed E-state index contributed by atoms with van der Waals surface area (Å²) in [6.07, 6.45) is 1.96. The summed E-state index contributed by atoms with van der Waals surface area (Å²) in [5.41, 5.74) is 2.52. The summed E-state index contributed by atoms with van der Waals surface area (Å²) in [6, 6.07) is 11.2. The largest absolute Gasteiger partial charge is 0.410 e. The van der Waals surface area contributed by atoms with Gasteiger partial charge >= 0.3 is 0 Å². The molecule has 0 spiro atoms. The molecule has 2 heterocycles. The topological polar surface area (TPSA) is 67.5 Å². The minimum absolute atomic E-state index is 0.0654. The molecule has 0 atom stereocenters. The standard InChI is InChI=1S/C19H17N3O2S/c1-2-3-10-22-17-16(20-19(22)14-9-6-11-25-14)15(21-24)12-7-4-5-8-13(12)18(17)23/h4-9,11,24H,2-3,10H2,1H3/b21-15+. The Morgan fingerprint density at radius 2 is 2.00 bits per heavy atom.